The Hall–Kier alpha value is -2.24. The maximum absolute atomic E-state index is 12.6. The number of nitrogens with zero attached hydrogens (tertiary/aromatic N) is 4. The van der Waals surface area contributed by atoms with Gasteiger partial charge in [0.1, 0.15) is 5.82 Å². The molecule has 1 fully saturated rings. The lowest BCUT2D eigenvalue weighted by atomic mass is 10.1. The van der Waals surface area contributed by atoms with Gasteiger partial charge < -0.3 is 4.90 Å². The molecule has 6 nitrogen and oxygen atoms in total. The van der Waals surface area contributed by atoms with Crippen LogP contribution in [0.1, 0.15) is 60.7 Å². The lowest BCUT2D eigenvalue weighted by Crippen LogP contribution is -2.31. The van der Waals surface area contributed by atoms with Crippen molar-refractivity contribution in [2.24, 2.45) is 0 Å². The second kappa shape index (κ2) is 5.63. The van der Waals surface area contributed by atoms with Gasteiger partial charge in [-0.2, -0.15) is 0 Å². The van der Waals surface area contributed by atoms with Crippen LogP contribution in [0.5, 0.6) is 0 Å². The minimum atomic E-state index is -0.0996. The van der Waals surface area contributed by atoms with Crippen LogP contribution in [0.2, 0.25) is 0 Å². The van der Waals surface area contributed by atoms with E-state index in [4.69, 9.17) is 0 Å². The van der Waals surface area contributed by atoms with Crippen LogP contribution in [0.4, 0.5) is 0 Å². The average Bonchev–Trinajstić information content (AvgIpc) is 3.17. The fourth-order valence-corrected chi connectivity index (χ4v) is 2.70. The number of H-pyrrole nitrogens is 1. The Morgan fingerprint density at radius 3 is 2.81 bits per heavy atom. The van der Waals surface area contributed by atoms with Gasteiger partial charge in [0.05, 0.1) is 6.04 Å². The van der Waals surface area contributed by atoms with Gasteiger partial charge in [0.25, 0.3) is 5.91 Å². The molecule has 3 heterocycles. The highest BCUT2D eigenvalue weighted by molar-refractivity contribution is 5.91. The zero-order valence-corrected chi connectivity index (χ0v) is 12.3. The van der Waals surface area contributed by atoms with Crippen LogP contribution in [0, 0.1) is 0 Å². The maximum Gasteiger partial charge on any atom is 0.294 e. The highest BCUT2D eigenvalue weighted by Crippen LogP contribution is 2.32. The first kappa shape index (κ1) is 13.7. The van der Waals surface area contributed by atoms with Crippen molar-refractivity contribution in [3.8, 4) is 0 Å². The number of aromatic amines is 1. The topological polar surface area (TPSA) is 74.8 Å². The van der Waals surface area contributed by atoms with Crippen molar-refractivity contribution >= 4 is 5.91 Å². The van der Waals surface area contributed by atoms with Gasteiger partial charge in [0.15, 0.2) is 0 Å². The standard InChI is InChI=1S/C15H19N5O/c1-10(2)13-17-14(19-18-13)15(21)20-9-3-4-12(20)11-5-7-16-8-6-11/h5-8,10,12H,3-4,9H2,1-2H3,(H,17,18,19). The number of aromatic nitrogens is 4. The van der Waals surface area contributed by atoms with Crippen LogP contribution in [0.15, 0.2) is 24.5 Å². The average molecular weight is 285 g/mol. The molecule has 1 aliphatic heterocycles. The van der Waals surface area contributed by atoms with Crippen LogP contribution in [-0.2, 0) is 0 Å². The van der Waals surface area contributed by atoms with E-state index in [0.29, 0.717) is 0 Å². The zero-order valence-electron chi connectivity index (χ0n) is 12.3. The molecule has 1 amide bonds. The molecule has 2 aromatic heterocycles. The van der Waals surface area contributed by atoms with Crippen molar-refractivity contribution in [2.45, 2.75) is 38.6 Å². The number of carbonyl (C=O) groups is 1. The molecule has 0 aromatic carbocycles. The van der Waals surface area contributed by atoms with E-state index in [9.17, 15) is 4.79 Å². The quantitative estimate of drug-likeness (QED) is 0.939. The van der Waals surface area contributed by atoms with Gasteiger partial charge in [-0.25, -0.2) is 4.98 Å². The monoisotopic (exact) mass is 285 g/mol. The SMILES string of the molecule is CC(C)c1nc(C(=O)N2CCCC2c2ccncc2)n[nH]1. The Morgan fingerprint density at radius 1 is 1.38 bits per heavy atom. The lowest BCUT2D eigenvalue weighted by molar-refractivity contribution is 0.0723. The van der Waals surface area contributed by atoms with Gasteiger partial charge >= 0.3 is 0 Å². The molecule has 1 atom stereocenters. The van der Waals surface area contributed by atoms with Gasteiger partial charge in [-0.15, -0.1) is 5.10 Å². The maximum atomic E-state index is 12.6. The van der Waals surface area contributed by atoms with E-state index in [-0.39, 0.29) is 23.7 Å². The molecular formula is C15H19N5O. The molecule has 2 aromatic rings. The van der Waals surface area contributed by atoms with Crippen LogP contribution >= 0.6 is 0 Å². The minimum absolute atomic E-state index is 0.0986. The third kappa shape index (κ3) is 2.66. The number of likely N-dealkylation sites (tertiary alicyclic amines) is 1. The van der Waals surface area contributed by atoms with Crippen LogP contribution in [0.3, 0.4) is 0 Å². The first-order chi connectivity index (χ1) is 10.2. The Labute approximate surface area is 123 Å². The van der Waals surface area contributed by atoms with Crippen LogP contribution < -0.4 is 0 Å². The van der Waals surface area contributed by atoms with E-state index >= 15 is 0 Å². The van der Waals surface area contributed by atoms with Gasteiger partial charge in [-0.3, -0.25) is 14.9 Å². The van der Waals surface area contributed by atoms with E-state index in [2.05, 4.69) is 20.2 Å². The Balaban J connectivity index is 1.83. The predicted molar refractivity (Wildman–Crippen MR) is 77.7 cm³/mol. The van der Waals surface area contributed by atoms with E-state index < -0.39 is 0 Å². The molecule has 110 valence electrons. The van der Waals surface area contributed by atoms with Crippen molar-refractivity contribution < 1.29 is 4.79 Å². The number of amides is 1. The molecule has 1 N–H and O–H groups in total. The fourth-order valence-electron chi connectivity index (χ4n) is 2.70. The normalized spacial score (nSPS) is 18.4. The summed E-state index contributed by atoms with van der Waals surface area (Å²) in [5.41, 5.74) is 1.12. The first-order valence-electron chi connectivity index (χ1n) is 7.30. The Kier molecular flexibility index (Phi) is 3.68. The van der Waals surface area contributed by atoms with Crippen molar-refractivity contribution in [1.82, 2.24) is 25.1 Å². The van der Waals surface area contributed by atoms with Crippen LogP contribution in [-0.4, -0.2) is 37.5 Å². The smallest absolute Gasteiger partial charge is 0.294 e. The lowest BCUT2D eigenvalue weighted by Gasteiger charge is -2.23. The molecule has 3 rings (SSSR count). The first-order valence-corrected chi connectivity index (χ1v) is 7.30. The summed E-state index contributed by atoms with van der Waals surface area (Å²) in [6.45, 7) is 4.78. The summed E-state index contributed by atoms with van der Waals surface area (Å²) in [7, 11) is 0. The molecule has 1 saturated heterocycles. The summed E-state index contributed by atoms with van der Waals surface area (Å²) in [6.07, 6.45) is 5.50. The predicted octanol–water partition coefficient (Wildman–Crippen LogP) is 2.30. The Morgan fingerprint density at radius 2 is 2.14 bits per heavy atom. The summed E-state index contributed by atoms with van der Waals surface area (Å²) in [4.78, 5) is 22.8. The summed E-state index contributed by atoms with van der Waals surface area (Å²) in [5, 5.41) is 6.92. The number of pyridine rings is 1. The largest absolute Gasteiger partial charge is 0.329 e. The van der Waals surface area contributed by atoms with E-state index in [1.165, 1.54) is 0 Å². The molecule has 0 saturated carbocycles. The van der Waals surface area contributed by atoms with Gasteiger partial charge in [-0.05, 0) is 30.5 Å². The number of nitrogens with one attached hydrogen (secondary N) is 1. The number of hydrogen-bond acceptors (Lipinski definition) is 4. The minimum Gasteiger partial charge on any atom is -0.329 e. The number of carbonyl (C=O) groups excluding carboxylic acids is 1. The third-order valence-electron chi connectivity index (χ3n) is 3.85. The second-order valence-corrected chi connectivity index (χ2v) is 5.64. The summed E-state index contributed by atoms with van der Waals surface area (Å²) in [5.74, 6) is 1.14. The third-order valence-corrected chi connectivity index (χ3v) is 3.85. The summed E-state index contributed by atoms with van der Waals surface area (Å²) < 4.78 is 0. The zero-order chi connectivity index (χ0) is 14.8. The van der Waals surface area contributed by atoms with Gasteiger partial charge in [0.2, 0.25) is 5.82 Å². The molecule has 1 aliphatic rings. The van der Waals surface area contributed by atoms with Gasteiger partial charge in [-0.1, -0.05) is 13.8 Å². The van der Waals surface area contributed by atoms with Crippen molar-refractivity contribution in [3.63, 3.8) is 0 Å². The highest BCUT2D eigenvalue weighted by Gasteiger charge is 2.32. The van der Waals surface area contributed by atoms with Crippen molar-refractivity contribution in [3.05, 3.63) is 41.7 Å². The fraction of sp³-hybridized carbons (Fsp3) is 0.467. The number of rotatable bonds is 3. The summed E-state index contributed by atoms with van der Waals surface area (Å²) >= 11 is 0. The second-order valence-electron chi connectivity index (χ2n) is 5.64. The van der Waals surface area contributed by atoms with Crippen molar-refractivity contribution in [1.29, 1.82) is 0 Å². The molecule has 1 unspecified atom stereocenters. The molecular weight excluding hydrogens is 266 g/mol. The molecule has 0 spiro atoms. The summed E-state index contributed by atoms with van der Waals surface area (Å²) in [6, 6.07) is 4.03. The molecule has 6 heteroatoms. The molecule has 0 aliphatic carbocycles. The number of hydrogen-bond donors (Lipinski definition) is 1. The molecule has 0 radical (unpaired) electrons. The van der Waals surface area contributed by atoms with Crippen molar-refractivity contribution in [2.75, 3.05) is 6.54 Å². The molecule has 0 bridgehead atoms. The van der Waals surface area contributed by atoms with Gasteiger partial charge in [0, 0.05) is 24.9 Å². The van der Waals surface area contributed by atoms with E-state index in [0.717, 1.165) is 30.8 Å². The van der Waals surface area contributed by atoms with E-state index in [1.807, 2.05) is 30.9 Å². The van der Waals surface area contributed by atoms with Crippen LogP contribution in [0.25, 0.3) is 0 Å². The molecule has 21 heavy (non-hydrogen) atoms. The Bertz CT molecular complexity index is 622. The van der Waals surface area contributed by atoms with E-state index in [1.54, 1.807) is 12.4 Å². The highest BCUT2D eigenvalue weighted by atomic mass is 16.2.